The van der Waals surface area contributed by atoms with Gasteiger partial charge >= 0.3 is 0 Å². The largest absolute Gasteiger partial charge is 0.102 e. The zero-order chi connectivity index (χ0) is 8.53. The Balaban J connectivity index is 3.44. The smallest absolute Gasteiger partial charge is 0.00563 e. The van der Waals surface area contributed by atoms with Gasteiger partial charge in [-0.15, -0.1) is 6.58 Å². The first-order valence-corrected chi connectivity index (χ1v) is 4.60. The summed E-state index contributed by atoms with van der Waals surface area (Å²) in [7, 11) is 0. The van der Waals surface area contributed by atoms with E-state index < -0.39 is 0 Å². The third-order valence-corrected chi connectivity index (χ3v) is 1.88. The maximum absolute atomic E-state index is 3.81. The van der Waals surface area contributed by atoms with Crippen molar-refractivity contribution in [1.29, 1.82) is 0 Å². The van der Waals surface area contributed by atoms with Crippen molar-refractivity contribution in [1.82, 2.24) is 0 Å². The van der Waals surface area contributed by atoms with E-state index in [9.17, 15) is 0 Å². The summed E-state index contributed by atoms with van der Waals surface area (Å²) in [6, 6.07) is 0. The van der Waals surface area contributed by atoms with Gasteiger partial charge in [0, 0.05) is 0 Å². The Bertz CT molecular complexity index is 111. The molecular weight excluding hydrogens is 132 g/mol. The van der Waals surface area contributed by atoms with Gasteiger partial charge in [0.05, 0.1) is 0 Å². The Hall–Kier alpha value is -0.520. The fraction of sp³-hybridized carbons (Fsp3) is 0.636. The maximum atomic E-state index is 3.81. The van der Waals surface area contributed by atoms with E-state index in [4.69, 9.17) is 0 Å². The average molecular weight is 152 g/mol. The van der Waals surface area contributed by atoms with Gasteiger partial charge in [-0.3, -0.25) is 0 Å². The summed E-state index contributed by atoms with van der Waals surface area (Å²) in [4.78, 5) is 0. The minimum absolute atomic E-state index is 0.603. The molecule has 11 heavy (non-hydrogen) atoms. The molecular formula is C11H20. The van der Waals surface area contributed by atoms with Gasteiger partial charge in [0.1, 0.15) is 0 Å². The number of unbranched alkanes of at least 4 members (excludes halogenated alkanes) is 2. The molecule has 0 aliphatic heterocycles. The van der Waals surface area contributed by atoms with Crippen molar-refractivity contribution in [2.75, 3.05) is 0 Å². The molecule has 0 aromatic rings. The number of rotatable bonds is 6. The van der Waals surface area contributed by atoms with Gasteiger partial charge in [-0.1, -0.05) is 44.4 Å². The molecule has 0 nitrogen and oxygen atoms in total. The van der Waals surface area contributed by atoms with Gasteiger partial charge in [0.15, 0.2) is 0 Å². The van der Waals surface area contributed by atoms with Crippen LogP contribution in [0.15, 0.2) is 24.8 Å². The molecule has 64 valence electrons. The first-order valence-electron chi connectivity index (χ1n) is 4.60. The monoisotopic (exact) mass is 152 g/mol. The topological polar surface area (TPSA) is 0 Å². The summed E-state index contributed by atoms with van der Waals surface area (Å²) in [5.74, 6) is 0.603. The molecule has 0 radical (unpaired) electrons. The molecule has 0 rings (SSSR count). The van der Waals surface area contributed by atoms with E-state index in [0.717, 1.165) is 0 Å². The fourth-order valence-electron chi connectivity index (χ4n) is 1.17. The summed E-state index contributed by atoms with van der Waals surface area (Å²) < 4.78 is 0. The highest BCUT2D eigenvalue weighted by molar-refractivity contribution is 4.95. The van der Waals surface area contributed by atoms with Crippen molar-refractivity contribution in [3.05, 3.63) is 24.8 Å². The van der Waals surface area contributed by atoms with E-state index in [1.807, 2.05) is 6.08 Å². The first kappa shape index (κ1) is 10.5. The van der Waals surface area contributed by atoms with E-state index in [0.29, 0.717) is 5.92 Å². The number of hydrogen-bond acceptors (Lipinski definition) is 0. The minimum Gasteiger partial charge on any atom is -0.102 e. The van der Waals surface area contributed by atoms with Crippen LogP contribution in [0.3, 0.4) is 0 Å². The summed E-state index contributed by atoms with van der Waals surface area (Å²) in [5.41, 5.74) is 0. The summed E-state index contributed by atoms with van der Waals surface area (Å²) >= 11 is 0. The fourth-order valence-corrected chi connectivity index (χ4v) is 1.17. The van der Waals surface area contributed by atoms with Gasteiger partial charge in [0.25, 0.3) is 0 Å². The molecule has 1 atom stereocenters. The van der Waals surface area contributed by atoms with Crippen molar-refractivity contribution < 1.29 is 0 Å². The second kappa shape index (κ2) is 7.59. The van der Waals surface area contributed by atoms with Crippen LogP contribution in [0.2, 0.25) is 0 Å². The predicted octanol–water partition coefficient (Wildman–Crippen LogP) is 3.95. The molecule has 0 aromatic carbocycles. The van der Waals surface area contributed by atoms with Crippen molar-refractivity contribution >= 4 is 0 Å². The van der Waals surface area contributed by atoms with Crippen LogP contribution in [0.1, 0.15) is 39.5 Å². The molecule has 0 spiro atoms. The van der Waals surface area contributed by atoms with E-state index in [1.165, 1.54) is 25.7 Å². The number of hydrogen-bond donors (Lipinski definition) is 0. The third-order valence-electron chi connectivity index (χ3n) is 1.88. The molecule has 0 amide bonds. The van der Waals surface area contributed by atoms with Crippen LogP contribution in [0, 0.1) is 5.92 Å². The molecule has 0 saturated heterocycles. The second-order valence-electron chi connectivity index (χ2n) is 2.92. The Labute approximate surface area is 71.0 Å². The van der Waals surface area contributed by atoms with Crippen LogP contribution in [0.25, 0.3) is 0 Å². The Kier molecular flexibility index (Phi) is 7.23. The number of allylic oxidation sites excluding steroid dienone is 3. The van der Waals surface area contributed by atoms with E-state index in [1.54, 1.807) is 0 Å². The SMILES string of the molecule is C=C[C@H](/C=C/C)CCCCC. The molecule has 0 aliphatic rings. The molecule has 0 unspecified atom stereocenters. The first-order chi connectivity index (χ1) is 5.35. The van der Waals surface area contributed by atoms with E-state index >= 15 is 0 Å². The van der Waals surface area contributed by atoms with Crippen molar-refractivity contribution in [3.63, 3.8) is 0 Å². The van der Waals surface area contributed by atoms with Crippen LogP contribution in [0.5, 0.6) is 0 Å². The molecule has 0 fully saturated rings. The van der Waals surface area contributed by atoms with Gasteiger partial charge in [-0.05, 0) is 19.3 Å². The molecule has 0 bridgehead atoms. The highest BCUT2D eigenvalue weighted by atomic mass is 14.0. The van der Waals surface area contributed by atoms with E-state index in [2.05, 4.69) is 32.6 Å². The van der Waals surface area contributed by atoms with E-state index in [-0.39, 0.29) is 0 Å². The minimum atomic E-state index is 0.603. The lowest BCUT2D eigenvalue weighted by molar-refractivity contribution is 0.611. The summed E-state index contributed by atoms with van der Waals surface area (Å²) in [5, 5.41) is 0. The Morgan fingerprint density at radius 1 is 1.36 bits per heavy atom. The molecule has 0 heterocycles. The molecule has 0 heteroatoms. The third kappa shape index (κ3) is 5.90. The van der Waals surface area contributed by atoms with Crippen LogP contribution in [0.4, 0.5) is 0 Å². The van der Waals surface area contributed by atoms with Crippen molar-refractivity contribution in [2.24, 2.45) is 5.92 Å². The average Bonchev–Trinajstić information content (AvgIpc) is 2.03. The van der Waals surface area contributed by atoms with Crippen molar-refractivity contribution in [3.8, 4) is 0 Å². The van der Waals surface area contributed by atoms with Crippen LogP contribution >= 0.6 is 0 Å². The lowest BCUT2D eigenvalue weighted by atomic mass is 10.0. The van der Waals surface area contributed by atoms with Crippen molar-refractivity contribution in [2.45, 2.75) is 39.5 Å². The summed E-state index contributed by atoms with van der Waals surface area (Å²) in [6.45, 7) is 8.11. The van der Waals surface area contributed by atoms with Crippen LogP contribution in [-0.2, 0) is 0 Å². The van der Waals surface area contributed by atoms with Crippen LogP contribution in [-0.4, -0.2) is 0 Å². The van der Waals surface area contributed by atoms with Crippen LogP contribution < -0.4 is 0 Å². The lowest BCUT2D eigenvalue weighted by Crippen LogP contribution is -1.90. The Morgan fingerprint density at radius 2 is 2.09 bits per heavy atom. The highest BCUT2D eigenvalue weighted by Crippen LogP contribution is 2.11. The maximum Gasteiger partial charge on any atom is -0.00563 e. The second-order valence-corrected chi connectivity index (χ2v) is 2.92. The lowest BCUT2D eigenvalue weighted by Gasteiger charge is -2.05. The molecule has 0 aromatic heterocycles. The summed E-state index contributed by atoms with van der Waals surface area (Å²) in [6.07, 6.45) is 11.6. The van der Waals surface area contributed by atoms with Gasteiger partial charge in [-0.2, -0.15) is 0 Å². The highest BCUT2D eigenvalue weighted by Gasteiger charge is 1.96. The predicted molar refractivity (Wildman–Crippen MR) is 52.6 cm³/mol. The quantitative estimate of drug-likeness (QED) is 0.399. The molecule has 0 saturated carbocycles. The normalized spacial score (nSPS) is 13.6. The van der Waals surface area contributed by atoms with Gasteiger partial charge in [-0.25, -0.2) is 0 Å². The molecule has 0 N–H and O–H groups in total. The zero-order valence-corrected chi connectivity index (χ0v) is 7.84. The van der Waals surface area contributed by atoms with Gasteiger partial charge < -0.3 is 0 Å². The zero-order valence-electron chi connectivity index (χ0n) is 7.84. The van der Waals surface area contributed by atoms with Gasteiger partial charge in [0.2, 0.25) is 0 Å². The molecule has 0 aliphatic carbocycles. The standard InChI is InChI=1S/C11H20/c1-4-7-8-10-11(6-3)9-5-2/h5-6,9,11H,3-4,7-8,10H2,1-2H3/b9-5+/t11-/m1/s1. The Morgan fingerprint density at radius 3 is 2.55 bits per heavy atom.